The average Bonchev–Trinajstić information content (AvgIpc) is 3.32. The third-order valence-electron chi connectivity index (χ3n) is 15.5. The number of carbonyl (C=O) groups is 2. The number of Topliss-reactive ketones (excluding diaryl/α,β-unsaturated/α-hetero) is 2. The fourth-order valence-corrected chi connectivity index (χ4v) is 11.3. The molecule has 0 bridgehead atoms. The van der Waals surface area contributed by atoms with Gasteiger partial charge in [0.25, 0.3) is 0 Å². The standard InChI is InChI=1S/C52H75O23/c1-19(53)10-30(55)49(65-9)28-12-26-11-27-13-31(71-36-15-32(44(58)22(4)67-36)72-35-14-29(54)43(57)21(3)66-35)20(2)42(56)40(27)47(61)41(26)48(62)50(28)75-38-17-33(45(59)24(6)69-38)73-37-16-34(46(60)23(5)68-37)74-39-18-52(8,64)51(63)25(7)70-39/h10-11,13,19,21-25,28-29,32-39,43-46,49-51,53-54,56-61,63-64H,12,14-18H2,1-9H3/t19-,21-,22-,23-,24-,25-,28+,29-,32-,33-,34-,35+,36+,37+,38+,39+,43-,44+,45-,46-,49+,50-,51-,52+/m1/s1. The lowest BCUT2D eigenvalue weighted by Crippen LogP contribution is -2.58. The van der Waals surface area contributed by atoms with Gasteiger partial charge in [-0.05, 0) is 84.9 Å². The normalized spacial score (nSPS) is 42.5. The predicted octanol–water partition coefficient (Wildman–Crippen LogP) is 0.594. The Morgan fingerprint density at radius 3 is 1.73 bits per heavy atom. The summed E-state index contributed by atoms with van der Waals surface area (Å²) in [5, 5.41) is 109. The molecule has 1 aliphatic carbocycles. The molecule has 0 amide bonds. The number of aliphatic hydroxyl groups is 8. The molecule has 75 heavy (non-hydrogen) atoms. The highest BCUT2D eigenvalue weighted by Crippen LogP contribution is 2.47. The van der Waals surface area contributed by atoms with Gasteiger partial charge in [-0.25, -0.2) is 0 Å². The topological polar surface area (TPSA) is 338 Å². The summed E-state index contributed by atoms with van der Waals surface area (Å²) in [5.41, 5.74) is -1.31. The van der Waals surface area contributed by atoms with Crippen molar-refractivity contribution < 1.29 is 113 Å². The molecule has 0 aromatic heterocycles. The molecule has 1 radical (unpaired) electrons. The Morgan fingerprint density at radius 2 is 1.20 bits per heavy atom. The number of ether oxygens (including phenoxy) is 11. The number of rotatable bonds is 15. The lowest BCUT2D eigenvalue weighted by atomic mass is 9.75. The highest BCUT2D eigenvalue weighted by atomic mass is 16.7. The van der Waals surface area contributed by atoms with Crippen molar-refractivity contribution in [3.05, 3.63) is 35.2 Å². The van der Waals surface area contributed by atoms with Crippen LogP contribution in [-0.2, 0) is 58.6 Å². The number of ketones is 2. The van der Waals surface area contributed by atoms with Gasteiger partial charge in [0.05, 0.1) is 84.0 Å². The molecule has 5 heterocycles. The fraction of sp³-hybridized carbons (Fsp3) is 0.750. The number of hydrogen-bond donors (Lipinski definition) is 10. The molecule has 0 spiro atoms. The Morgan fingerprint density at radius 1 is 0.707 bits per heavy atom. The Hall–Kier alpha value is -3.28. The first-order valence-corrected chi connectivity index (χ1v) is 25.8. The number of benzene rings is 2. The predicted molar refractivity (Wildman–Crippen MR) is 257 cm³/mol. The molecule has 0 saturated carbocycles. The minimum absolute atomic E-state index is 0.0174. The van der Waals surface area contributed by atoms with E-state index in [1.165, 1.54) is 27.9 Å². The first-order valence-electron chi connectivity index (χ1n) is 25.8. The van der Waals surface area contributed by atoms with E-state index in [0.29, 0.717) is 0 Å². The zero-order valence-electron chi connectivity index (χ0n) is 43.5. The van der Waals surface area contributed by atoms with E-state index in [0.717, 1.165) is 6.42 Å². The number of phenolic OH excluding ortho intramolecular Hbond substituents is 2. The van der Waals surface area contributed by atoms with E-state index in [1.807, 2.05) is 0 Å². The van der Waals surface area contributed by atoms with E-state index in [2.05, 4.69) is 0 Å². The van der Waals surface area contributed by atoms with Crippen LogP contribution < -0.4 is 4.74 Å². The van der Waals surface area contributed by atoms with Gasteiger partial charge >= 0.3 is 0 Å². The van der Waals surface area contributed by atoms with Crippen molar-refractivity contribution in [2.24, 2.45) is 5.92 Å². The molecule has 5 saturated heterocycles. The zero-order chi connectivity index (χ0) is 54.7. The Balaban J connectivity index is 1.03. The van der Waals surface area contributed by atoms with E-state index in [1.54, 1.807) is 46.8 Å². The van der Waals surface area contributed by atoms with Gasteiger partial charge in [-0.1, -0.05) is 0 Å². The van der Waals surface area contributed by atoms with Crippen LogP contribution in [0.2, 0.25) is 0 Å². The Labute approximate surface area is 434 Å². The van der Waals surface area contributed by atoms with E-state index in [9.17, 15) is 60.7 Å². The summed E-state index contributed by atoms with van der Waals surface area (Å²) in [6, 6.07) is 3.11. The van der Waals surface area contributed by atoms with Gasteiger partial charge in [-0.3, -0.25) is 9.59 Å². The highest BCUT2D eigenvalue weighted by Gasteiger charge is 2.51. The van der Waals surface area contributed by atoms with Gasteiger partial charge < -0.3 is 103 Å². The van der Waals surface area contributed by atoms with Crippen LogP contribution >= 0.6 is 0 Å². The maximum absolute atomic E-state index is 15.0. The van der Waals surface area contributed by atoms with Crippen LogP contribution in [0.5, 0.6) is 17.2 Å². The molecule has 421 valence electrons. The maximum Gasteiger partial charge on any atom is 0.202 e. The van der Waals surface area contributed by atoms with Crippen LogP contribution in [-0.4, -0.2) is 211 Å². The number of hydrogen-bond acceptors (Lipinski definition) is 23. The van der Waals surface area contributed by atoms with Gasteiger partial charge in [0.15, 0.2) is 36.7 Å². The fourth-order valence-electron chi connectivity index (χ4n) is 11.3. The first kappa shape index (κ1) is 57.9. The van der Waals surface area contributed by atoms with Crippen molar-refractivity contribution in [3.8, 4) is 17.2 Å². The molecule has 8 rings (SSSR count). The summed E-state index contributed by atoms with van der Waals surface area (Å²) in [5.74, 6) is -3.44. The van der Waals surface area contributed by atoms with Gasteiger partial charge in [-0.15, -0.1) is 0 Å². The van der Waals surface area contributed by atoms with Crippen LogP contribution in [0.1, 0.15) is 102 Å². The van der Waals surface area contributed by atoms with Crippen molar-refractivity contribution in [1.29, 1.82) is 0 Å². The molecule has 0 unspecified atom stereocenters. The molecule has 2 aromatic rings. The molecule has 6 aliphatic rings. The Bertz CT molecular complexity index is 2320. The molecule has 5 fully saturated rings. The van der Waals surface area contributed by atoms with Gasteiger partial charge in [0.1, 0.15) is 60.0 Å². The van der Waals surface area contributed by atoms with Crippen LogP contribution in [0.25, 0.3) is 10.8 Å². The number of fused-ring (bicyclic) bond motifs is 2. The number of carbonyl (C=O) groups excluding carboxylic acids is 2. The van der Waals surface area contributed by atoms with Gasteiger partial charge in [0.2, 0.25) is 6.29 Å². The number of phenols is 2. The summed E-state index contributed by atoms with van der Waals surface area (Å²) >= 11 is 0. The number of methoxy groups -OCH3 is 1. The van der Waals surface area contributed by atoms with Crippen molar-refractivity contribution in [3.63, 3.8) is 0 Å². The lowest BCUT2D eigenvalue weighted by molar-refractivity contribution is -0.334. The Kier molecular flexibility index (Phi) is 17.9. The van der Waals surface area contributed by atoms with Crippen molar-refractivity contribution >= 4 is 22.3 Å². The third-order valence-corrected chi connectivity index (χ3v) is 15.5. The molecule has 10 N–H and O–H groups in total. The highest BCUT2D eigenvalue weighted by molar-refractivity contribution is 6.11. The summed E-state index contributed by atoms with van der Waals surface area (Å²) in [4.78, 5) is 28.8. The second-order valence-electron chi connectivity index (χ2n) is 21.4. The van der Waals surface area contributed by atoms with E-state index in [4.69, 9.17) is 52.1 Å². The zero-order valence-corrected chi connectivity index (χ0v) is 43.5. The second kappa shape index (κ2) is 23.2. The summed E-state index contributed by atoms with van der Waals surface area (Å²) in [6.45, 7) is 12.4. The van der Waals surface area contributed by atoms with E-state index >= 15 is 0 Å². The van der Waals surface area contributed by atoms with Crippen LogP contribution in [0.4, 0.5) is 0 Å². The first-order chi connectivity index (χ1) is 35.3. The van der Waals surface area contributed by atoms with Gasteiger partial charge in [-0.2, -0.15) is 0 Å². The molecule has 23 heteroatoms. The summed E-state index contributed by atoms with van der Waals surface area (Å²) in [6.07, 6.45) is -22.7. The van der Waals surface area contributed by atoms with Crippen molar-refractivity contribution in [1.82, 2.24) is 0 Å². The third kappa shape index (κ3) is 12.2. The number of aromatic hydroxyl groups is 2. The second-order valence-corrected chi connectivity index (χ2v) is 21.4. The lowest BCUT2D eigenvalue weighted by Gasteiger charge is -2.46. The minimum Gasteiger partial charge on any atom is -0.507 e. The van der Waals surface area contributed by atoms with Crippen LogP contribution in [0, 0.1) is 19.3 Å². The molecular formula is C52H75O23. The smallest absolute Gasteiger partial charge is 0.202 e. The molecule has 5 aliphatic heterocycles. The van der Waals surface area contributed by atoms with E-state index in [-0.39, 0.29) is 71.7 Å². The van der Waals surface area contributed by atoms with Crippen LogP contribution in [0.3, 0.4) is 0 Å². The molecule has 2 aromatic carbocycles. The number of aliphatic hydroxyl groups excluding tert-OH is 7. The quantitative estimate of drug-likeness (QED) is 0.117. The molecule has 24 atom stereocenters. The minimum atomic E-state index is -1.56. The maximum atomic E-state index is 15.0. The summed E-state index contributed by atoms with van der Waals surface area (Å²) in [7, 11) is 1.27. The van der Waals surface area contributed by atoms with Crippen molar-refractivity contribution in [2.45, 2.75) is 235 Å². The van der Waals surface area contributed by atoms with Crippen molar-refractivity contribution in [2.75, 3.05) is 7.11 Å². The van der Waals surface area contributed by atoms with Crippen LogP contribution in [0.15, 0.2) is 12.1 Å². The molecule has 23 nitrogen and oxygen atoms in total. The molecular weight excluding hydrogens is 993 g/mol. The van der Waals surface area contributed by atoms with Gasteiger partial charge in [0, 0.05) is 50.7 Å². The average molecular weight is 1070 g/mol. The largest absolute Gasteiger partial charge is 0.507 e. The monoisotopic (exact) mass is 1070 g/mol. The summed E-state index contributed by atoms with van der Waals surface area (Å²) < 4.78 is 66.7. The SMILES string of the molecule is CO[C@H](C(=O)[CH][C@@H](C)O)[C@@H]1Cc2cc3cc(O[C@H]4C[C@@H](O[C@H]5C[C@@H](O)[C@H](O)[C@@H](C)O5)[C@@H](O)[C@@H](C)O4)c(C)c(O)c3c(O)c2C(=O)[C@@H]1O[C@H]1C[C@@H](O[C@H]2C[C@@H](O[C@H]3C[C@](C)(O)[C@H](O)[C@@H](C)O3)[C@H](O)[C@@H](C)O2)[C@H](O)[C@@H](C)O1. The van der Waals surface area contributed by atoms with E-state index < -0.39 is 170 Å².